The molecule has 31 heavy (non-hydrogen) atoms. The van der Waals surface area contributed by atoms with E-state index in [1.165, 1.54) is 12.1 Å². The van der Waals surface area contributed by atoms with Crippen molar-refractivity contribution in [2.45, 2.75) is 6.54 Å². The number of nitrogens with one attached hydrogen (secondary N) is 1. The second-order valence-corrected chi connectivity index (χ2v) is 6.80. The summed E-state index contributed by atoms with van der Waals surface area (Å²) in [7, 11) is 6.53. The molecule has 0 radical (unpaired) electrons. The normalized spacial score (nSPS) is 10.9. The molecule has 0 unspecified atom stereocenters. The standard InChI is InChI=1S/C22H22FN5O3/c1-28-22-16(12-25-28)21(26-20(27-22)14-5-7-15(23)8-6-14)24-11-13-9-17(29-2)19(31-4)18(10-13)30-3/h5-10,12H,11H2,1-4H3,(H,24,26,27). The van der Waals surface area contributed by atoms with Crippen LogP contribution in [0.25, 0.3) is 22.4 Å². The smallest absolute Gasteiger partial charge is 0.203 e. The number of nitrogens with zero attached hydrogens (tertiary/aromatic N) is 4. The molecule has 0 aliphatic heterocycles. The number of hydrogen-bond acceptors (Lipinski definition) is 7. The zero-order valence-electron chi connectivity index (χ0n) is 17.6. The van der Waals surface area contributed by atoms with Crippen LogP contribution in [0.3, 0.4) is 0 Å². The zero-order valence-corrected chi connectivity index (χ0v) is 17.6. The van der Waals surface area contributed by atoms with Crippen molar-refractivity contribution in [2.24, 2.45) is 7.05 Å². The van der Waals surface area contributed by atoms with Crippen molar-refractivity contribution in [2.75, 3.05) is 26.6 Å². The third-order valence-corrected chi connectivity index (χ3v) is 4.88. The molecular formula is C22H22FN5O3. The molecule has 1 N–H and O–H groups in total. The van der Waals surface area contributed by atoms with Crippen LogP contribution in [0.1, 0.15) is 5.56 Å². The first kappa shape index (κ1) is 20.4. The van der Waals surface area contributed by atoms with Crippen LogP contribution in [-0.4, -0.2) is 41.1 Å². The van der Waals surface area contributed by atoms with Gasteiger partial charge in [-0.05, 0) is 42.0 Å². The van der Waals surface area contributed by atoms with Gasteiger partial charge in [-0.1, -0.05) is 0 Å². The van der Waals surface area contributed by atoms with Crippen LogP contribution in [0.15, 0.2) is 42.6 Å². The quantitative estimate of drug-likeness (QED) is 0.484. The number of fused-ring (bicyclic) bond motifs is 1. The van der Waals surface area contributed by atoms with Crippen molar-refractivity contribution in [3.8, 4) is 28.6 Å². The molecule has 9 heteroatoms. The van der Waals surface area contributed by atoms with Gasteiger partial charge in [-0.25, -0.2) is 14.4 Å². The minimum atomic E-state index is -0.314. The van der Waals surface area contributed by atoms with E-state index < -0.39 is 0 Å². The van der Waals surface area contributed by atoms with Crippen LogP contribution in [0, 0.1) is 5.82 Å². The van der Waals surface area contributed by atoms with Gasteiger partial charge in [0.25, 0.3) is 0 Å². The summed E-state index contributed by atoms with van der Waals surface area (Å²) < 4.78 is 31.3. The summed E-state index contributed by atoms with van der Waals surface area (Å²) in [5, 5.41) is 8.42. The van der Waals surface area contributed by atoms with Crippen molar-refractivity contribution in [3.63, 3.8) is 0 Å². The summed E-state index contributed by atoms with van der Waals surface area (Å²) in [5.41, 5.74) is 2.29. The zero-order chi connectivity index (χ0) is 22.0. The van der Waals surface area contributed by atoms with E-state index >= 15 is 0 Å². The predicted octanol–water partition coefficient (Wildman–Crippen LogP) is 3.81. The maximum Gasteiger partial charge on any atom is 0.203 e. The number of aryl methyl sites for hydroxylation is 1. The van der Waals surface area contributed by atoms with Crippen LogP contribution >= 0.6 is 0 Å². The minimum absolute atomic E-state index is 0.314. The monoisotopic (exact) mass is 423 g/mol. The van der Waals surface area contributed by atoms with Crippen LogP contribution in [-0.2, 0) is 13.6 Å². The number of anilines is 1. The Morgan fingerprint density at radius 2 is 1.65 bits per heavy atom. The fourth-order valence-corrected chi connectivity index (χ4v) is 3.31. The van der Waals surface area contributed by atoms with Gasteiger partial charge in [-0.3, -0.25) is 4.68 Å². The summed E-state index contributed by atoms with van der Waals surface area (Å²) in [6.45, 7) is 0.445. The molecule has 2 heterocycles. The Morgan fingerprint density at radius 1 is 0.968 bits per heavy atom. The van der Waals surface area contributed by atoms with Crippen LogP contribution in [0.5, 0.6) is 17.2 Å². The van der Waals surface area contributed by atoms with Gasteiger partial charge in [-0.2, -0.15) is 5.10 Å². The number of aromatic nitrogens is 4. The molecule has 0 saturated heterocycles. The van der Waals surface area contributed by atoms with Gasteiger partial charge in [-0.15, -0.1) is 0 Å². The molecule has 0 atom stereocenters. The van der Waals surface area contributed by atoms with E-state index in [1.54, 1.807) is 44.3 Å². The van der Waals surface area contributed by atoms with Gasteiger partial charge in [0.05, 0.1) is 32.9 Å². The van der Waals surface area contributed by atoms with Gasteiger partial charge < -0.3 is 19.5 Å². The van der Waals surface area contributed by atoms with E-state index in [0.29, 0.717) is 46.6 Å². The Hall–Kier alpha value is -3.88. The Bertz CT molecular complexity index is 1200. The lowest BCUT2D eigenvalue weighted by molar-refractivity contribution is 0.324. The topological polar surface area (TPSA) is 83.3 Å². The van der Waals surface area contributed by atoms with E-state index in [1.807, 2.05) is 19.2 Å². The second kappa shape index (κ2) is 8.47. The molecule has 0 spiro atoms. The van der Waals surface area contributed by atoms with Crippen molar-refractivity contribution in [1.29, 1.82) is 0 Å². The maximum atomic E-state index is 13.3. The molecule has 0 saturated carbocycles. The van der Waals surface area contributed by atoms with Crippen molar-refractivity contribution in [3.05, 3.63) is 54.0 Å². The Morgan fingerprint density at radius 3 is 2.26 bits per heavy atom. The van der Waals surface area contributed by atoms with Crippen molar-refractivity contribution >= 4 is 16.9 Å². The van der Waals surface area contributed by atoms with E-state index in [9.17, 15) is 4.39 Å². The van der Waals surface area contributed by atoms with Gasteiger partial charge in [0.15, 0.2) is 23.0 Å². The Kier molecular flexibility index (Phi) is 5.57. The SMILES string of the molecule is COc1cc(CNc2nc(-c3ccc(F)cc3)nc3c2cnn3C)cc(OC)c1OC. The molecule has 2 aromatic heterocycles. The number of methoxy groups -OCH3 is 3. The average molecular weight is 423 g/mol. The molecule has 0 aliphatic rings. The molecule has 4 rings (SSSR count). The van der Waals surface area contributed by atoms with Crippen molar-refractivity contribution < 1.29 is 18.6 Å². The second-order valence-electron chi connectivity index (χ2n) is 6.80. The molecule has 2 aromatic carbocycles. The molecule has 4 aromatic rings. The van der Waals surface area contributed by atoms with E-state index in [2.05, 4.69) is 20.4 Å². The fraction of sp³-hybridized carbons (Fsp3) is 0.227. The van der Waals surface area contributed by atoms with E-state index in [4.69, 9.17) is 14.2 Å². The summed E-state index contributed by atoms with van der Waals surface area (Å²) in [5.74, 6) is 2.45. The molecule has 0 amide bonds. The lowest BCUT2D eigenvalue weighted by Gasteiger charge is -2.15. The number of halogens is 1. The number of hydrogen-bond donors (Lipinski definition) is 1. The average Bonchev–Trinajstić information content (AvgIpc) is 3.17. The largest absolute Gasteiger partial charge is 0.493 e. The first-order chi connectivity index (χ1) is 15.0. The minimum Gasteiger partial charge on any atom is -0.493 e. The Labute approximate surface area is 178 Å². The highest BCUT2D eigenvalue weighted by Crippen LogP contribution is 2.38. The van der Waals surface area contributed by atoms with Crippen LogP contribution < -0.4 is 19.5 Å². The van der Waals surface area contributed by atoms with E-state index in [-0.39, 0.29) is 5.82 Å². The van der Waals surface area contributed by atoms with Gasteiger partial charge in [0.2, 0.25) is 5.75 Å². The summed E-state index contributed by atoms with van der Waals surface area (Å²) in [6, 6.07) is 9.81. The summed E-state index contributed by atoms with van der Waals surface area (Å²) in [4.78, 5) is 9.26. The third-order valence-electron chi connectivity index (χ3n) is 4.88. The lowest BCUT2D eigenvalue weighted by Crippen LogP contribution is -2.06. The van der Waals surface area contributed by atoms with Crippen LogP contribution in [0.2, 0.25) is 0 Å². The molecular weight excluding hydrogens is 401 g/mol. The molecule has 8 nitrogen and oxygen atoms in total. The maximum absolute atomic E-state index is 13.3. The Balaban J connectivity index is 1.71. The summed E-state index contributed by atoms with van der Waals surface area (Å²) >= 11 is 0. The molecule has 160 valence electrons. The highest BCUT2D eigenvalue weighted by atomic mass is 19.1. The fourth-order valence-electron chi connectivity index (χ4n) is 3.31. The predicted molar refractivity (Wildman–Crippen MR) is 115 cm³/mol. The first-order valence-electron chi connectivity index (χ1n) is 9.52. The molecule has 0 bridgehead atoms. The van der Waals surface area contributed by atoms with Gasteiger partial charge >= 0.3 is 0 Å². The van der Waals surface area contributed by atoms with E-state index in [0.717, 1.165) is 10.9 Å². The first-order valence-corrected chi connectivity index (χ1v) is 9.52. The van der Waals surface area contributed by atoms with Crippen LogP contribution in [0.4, 0.5) is 10.2 Å². The summed E-state index contributed by atoms with van der Waals surface area (Å²) in [6.07, 6.45) is 1.71. The van der Waals surface area contributed by atoms with Gasteiger partial charge in [0.1, 0.15) is 11.6 Å². The highest BCUT2D eigenvalue weighted by Gasteiger charge is 2.16. The third kappa shape index (κ3) is 3.94. The number of benzene rings is 2. The van der Waals surface area contributed by atoms with Crippen molar-refractivity contribution in [1.82, 2.24) is 19.7 Å². The molecule has 0 fully saturated rings. The number of rotatable bonds is 7. The lowest BCUT2D eigenvalue weighted by atomic mass is 10.1. The number of ether oxygens (including phenoxy) is 3. The van der Waals surface area contributed by atoms with Gasteiger partial charge in [0, 0.05) is 19.2 Å². The highest BCUT2D eigenvalue weighted by molar-refractivity contribution is 5.88. The molecule has 0 aliphatic carbocycles.